The molecule has 1 aromatic rings. The molecule has 1 aromatic carbocycles. The first-order valence-corrected chi connectivity index (χ1v) is 4.81. The van der Waals surface area contributed by atoms with Gasteiger partial charge in [-0.05, 0) is 19.9 Å². The van der Waals surface area contributed by atoms with Gasteiger partial charge in [0.15, 0.2) is 0 Å². The van der Waals surface area contributed by atoms with Crippen molar-refractivity contribution in [2.24, 2.45) is 0 Å². The van der Waals surface area contributed by atoms with Gasteiger partial charge in [-0.2, -0.15) is 5.26 Å². The minimum Gasteiger partial charge on any atom is -0.493 e. The maximum atomic E-state index is 9.18. The van der Waals surface area contributed by atoms with E-state index in [1.165, 1.54) is 5.56 Å². The van der Waals surface area contributed by atoms with Gasteiger partial charge in [-0.15, -0.1) is 0 Å². The second-order valence-corrected chi connectivity index (χ2v) is 4.04. The minimum absolute atomic E-state index is 0.375. The van der Waals surface area contributed by atoms with Gasteiger partial charge in [-0.1, -0.05) is 17.7 Å². The molecule has 0 spiro atoms. The highest BCUT2D eigenvalue weighted by Crippen LogP contribution is 2.38. The molecule has 0 fully saturated rings. The molecule has 0 bridgehead atoms. The van der Waals surface area contributed by atoms with E-state index in [4.69, 9.17) is 4.74 Å². The summed E-state index contributed by atoms with van der Waals surface area (Å²) in [5.41, 5.74) is 1.83. The zero-order valence-electron chi connectivity index (χ0n) is 8.50. The topological polar surface area (TPSA) is 33.0 Å². The van der Waals surface area contributed by atoms with E-state index in [1.807, 2.05) is 26.0 Å². The van der Waals surface area contributed by atoms with Crippen LogP contribution in [0.2, 0.25) is 0 Å². The lowest BCUT2D eigenvalue weighted by Crippen LogP contribution is -2.28. The molecule has 2 heteroatoms. The molecule has 0 saturated carbocycles. The first kappa shape index (κ1) is 9.08. The summed E-state index contributed by atoms with van der Waals surface area (Å²) >= 11 is 0. The highest BCUT2D eigenvalue weighted by molar-refractivity contribution is 5.46. The molecule has 1 atom stereocenters. The summed E-state index contributed by atoms with van der Waals surface area (Å²) in [5, 5.41) is 9.18. The molecule has 1 heterocycles. The third kappa shape index (κ3) is 1.26. The lowest BCUT2D eigenvalue weighted by molar-refractivity contribution is 0.250. The Morgan fingerprint density at radius 2 is 2.29 bits per heavy atom. The smallest absolute Gasteiger partial charge is 0.124 e. The van der Waals surface area contributed by atoms with Crippen LogP contribution in [0.1, 0.15) is 24.5 Å². The van der Waals surface area contributed by atoms with Crippen molar-refractivity contribution in [1.82, 2.24) is 0 Å². The fourth-order valence-electron chi connectivity index (χ4n) is 1.82. The van der Waals surface area contributed by atoms with Gasteiger partial charge in [-0.25, -0.2) is 0 Å². The van der Waals surface area contributed by atoms with E-state index in [1.54, 1.807) is 0 Å². The molecule has 1 unspecified atom stereocenters. The van der Waals surface area contributed by atoms with Gasteiger partial charge in [0.25, 0.3) is 0 Å². The molecule has 0 aliphatic carbocycles. The van der Waals surface area contributed by atoms with Crippen LogP contribution in [0.15, 0.2) is 18.2 Å². The van der Waals surface area contributed by atoms with E-state index in [2.05, 4.69) is 12.1 Å². The van der Waals surface area contributed by atoms with E-state index in [-0.39, 0.29) is 5.41 Å². The Bertz CT molecular complexity index is 405. The van der Waals surface area contributed by atoms with Gasteiger partial charge in [0.1, 0.15) is 5.75 Å². The molecule has 14 heavy (non-hydrogen) atoms. The largest absolute Gasteiger partial charge is 0.493 e. The lowest BCUT2D eigenvalue weighted by atomic mass is 9.79. The summed E-state index contributed by atoms with van der Waals surface area (Å²) in [6.45, 7) is 4.65. The predicted molar refractivity (Wildman–Crippen MR) is 54.3 cm³/mol. The predicted octanol–water partition coefficient (Wildman–Crippen LogP) is 2.56. The van der Waals surface area contributed by atoms with E-state index in [9.17, 15) is 5.26 Å². The SMILES string of the molecule is Cc1ccc2c(c1)C(C)(C#N)CCO2. The van der Waals surface area contributed by atoms with Crippen LogP contribution in [0.4, 0.5) is 0 Å². The van der Waals surface area contributed by atoms with E-state index in [0.29, 0.717) is 6.61 Å². The molecule has 72 valence electrons. The zero-order chi connectivity index (χ0) is 10.2. The third-order valence-corrected chi connectivity index (χ3v) is 2.84. The van der Waals surface area contributed by atoms with Gasteiger partial charge in [-0.3, -0.25) is 0 Å². The Morgan fingerprint density at radius 1 is 1.50 bits per heavy atom. The quantitative estimate of drug-likeness (QED) is 0.625. The van der Waals surface area contributed by atoms with Crippen LogP contribution >= 0.6 is 0 Å². The molecule has 0 N–H and O–H groups in total. The van der Waals surface area contributed by atoms with E-state index >= 15 is 0 Å². The Balaban J connectivity index is 2.59. The molecule has 0 aromatic heterocycles. The first-order valence-electron chi connectivity index (χ1n) is 4.81. The third-order valence-electron chi connectivity index (χ3n) is 2.84. The van der Waals surface area contributed by atoms with Crippen LogP contribution in [-0.4, -0.2) is 6.61 Å². The van der Waals surface area contributed by atoms with Crippen molar-refractivity contribution in [3.05, 3.63) is 29.3 Å². The van der Waals surface area contributed by atoms with E-state index in [0.717, 1.165) is 17.7 Å². The number of hydrogen-bond acceptors (Lipinski definition) is 2. The van der Waals surface area contributed by atoms with Crippen molar-refractivity contribution in [3.8, 4) is 11.8 Å². The fourth-order valence-corrected chi connectivity index (χ4v) is 1.82. The minimum atomic E-state index is -0.375. The summed E-state index contributed by atoms with van der Waals surface area (Å²) in [6.07, 6.45) is 0.778. The van der Waals surface area contributed by atoms with Gasteiger partial charge in [0.05, 0.1) is 18.1 Å². The van der Waals surface area contributed by atoms with Crippen molar-refractivity contribution in [2.75, 3.05) is 6.61 Å². The highest BCUT2D eigenvalue weighted by atomic mass is 16.5. The van der Waals surface area contributed by atoms with Crippen molar-refractivity contribution in [1.29, 1.82) is 5.26 Å². The zero-order valence-corrected chi connectivity index (χ0v) is 8.50. The number of aryl methyl sites for hydroxylation is 1. The van der Waals surface area contributed by atoms with Crippen LogP contribution < -0.4 is 4.74 Å². The Hall–Kier alpha value is -1.49. The molecule has 0 radical (unpaired) electrons. The second-order valence-electron chi connectivity index (χ2n) is 4.04. The normalized spacial score (nSPS) is 24.6. The Labute approximate surface area is 84.1 Å². The molecular weight excluding hydrogens is 174 g/mol. The number of nitrogens with zero attached hydrogens (tertiary/aromatic N) is 1. The maximum absolute atomic E-state index is 9.18. The van der Waals surface area contributed by atoms with Crippen molar-refractivity contribution >= 4 is 0 Å². The van der Waals surface area contributed by atoms with Crippen LogP contribution in [0, 0.1) is 18.3 Å². The summed E-state index contributed by atoms with van der Waals surface area (Å²) < 4.78 is 5.52. The highest BCUT2D eigenvalue weighted by Gasteiger charge is 2.33. The number of hydrogen-bond donors (Lipinski definition) is 0. The van der Waals surface area contributed by atoms with Crippen molar-refractivity contribution < 1.29 is 4.74 Å². The summed E-state index contributed by atoms with van der Waals surface area (Å²) in [7, 11) is 0. The molecule has 0 saturated heterocycles. The molecule has 1 aliphatic heterocycles. The van der Waals surface area contributed by atoms with Gasteiger partial charge >= 0.3 is 0 Å². The summed E-state index contributed by atoms with van der Waals surface area (Å²) in [5.74, 6) is 0.867. The monoisotopic (exact) mass is 187 g/mol. The molecule has 2 rings (SSSR count). The van der Waals surface area contributed by atoms with Crippen LogP contribution in [-0.2, 0) is 5.41 Å². The lowest BCUT2D eigenvalue weighted by Gasteiger charge is -2.30. The Morgan fingerprint density at radius 3 is 3.00 bits per heavy atom. The Kier molecular flexibility index (Phi) is 1.96. The van der Waals surface area contributed by atoms with Crippen molar-refractivity contribution in [2.45, 2.75) is 25.7 Å². The average molecular weight is 187 g/mol. The van der Waals surface area contributed by atoms with Gasteiger partial charge in [0, 0.05) is 12.0 Å². The molecule has 1 aliphatic rings. The van der Waals surface area contributed by atoms with Gasteiger partial charge in [0.2, 0.25) is 0 Å². The maximum Gasteiger partial charge on any atom is 0.124 e. The second kappa shape index (κ2) is 3.02. The number of ether oxygens (including phenoxy) is 1. The van der Waals surface area contributed by atoms with Crippen LogP contribution in [0.25, 0.3) is 0 Å². The fraction of sp³-hybridized carbons (Fsp3) is 0.417. The molecular formula is C12H13NO. The van der Waals surface area contributed by atoms with Crippen molar-refractivity contribution in [3.63, 3.8) is 0 Å². The van der Waals surface area contributed by atoms with Gasteiger partial charge < -0.3 is 4.74 Å². The molecule has 0 amide bonds. The number of nitriles is 1. The average Bonchev–Trinajstić information content (AvgIpc) is 2.20. The standard InChI is InChI=1S/C12H13NO/c1-9-3-4-11-10(7-9)12(2,8-13)5-6-14-11/h3-4,7H,5-6H2,1-2H3. The number of fused-ring (bicyclic) bond motifs is 1. The number of benzene rings is 1. The van der Waals surface area contributed by atoms with Crippen LogP contribution in [0.5, 0.6) is 5.75 Å². The summed E-state index contributed by atoms with van der Waals surface area (Å²) in [4.78, 5) is 0. The van der Waals surface area contributed by atoms with E-state index < -0.39 is 0 Å². The molecule has 2 nitrogen and oxygen atoms in total. The first-order chi connectivity index (χ1) is 6.65. The van der Waals surface area contributed by atoms with Crippen LogP contribution in [0.3, 0.4) is 0 Å². The number of rotatable bonds is 0. The summed E-state index contributed by atoms with van der Waals surface area (Å²) in [6, 6.07) is 8.41.